The molecule has 12 heteroatoms. The Morgan fingerprint density at radius 1 is 0.421 bits per heavy atom. The van der Waals surface area contributed by atoms with Gasteiger partial charge in [-0.1, -0.05) is 70.4 Å². The van der Waals surface area contributed by atoms with Crippen molar-refractivity contribution in [2.45, 2.75) is 0 Å². The van der Waals surface area contributed by atoms with Crippen molar-refractivity contribution >= 4 is 154 Å². The van der Waals surface area contributed by atoms with Crippen LogP contribution in [0, 0.1) is 0 Å². The molecule has 0 spiro atoms. The quantitative estimate of drug-likeness (QED) is 0.207. The maximum atomic E-state index is 9.59. The smallest absolute Gasteiger partial charge is 0.423 e. The van der Waals surface area contributed by atoms with E-state index in [0.29, 0.717) is 38.3 Å². The monoisotopic (exact) mass is 464 g/mol. The molecule has 0 aliphatic rings. The Balaban J connectivity index is 2.10. The van der Waals surface area contributed by atoms with Crippen molar-refractivity contribution in [3.63, 3.8) is 0 Å². The van der Waals surface area contributed by atoms with Crippen LogP contribution in [0.4, 0.5) is 0 Å². The third-order valence-corrected chi connectivity index (χ3v) is 7.07. The lowest BCUT2D eigenvalue weighted by Gasteiger charge is -2.28. The van der Waals surface area contributed by atoms with Crippen molar-refractivity contribution in [2.24, 2.45) is 0 Å². The second-order valence-corrected chi connectivity index (χ2v) is 9.14. The fraction of sp³-hybridized carbons (Fsp3) is 0. The van der Waals surface area contributed by atoms with Crippen molar-refractivity contribution in [3.8, 4) is 22.3 Å². The van der Waals surface area contributed by atoms with Crippen LogP contribution in [-0.2, 0) is 0 Å². The molecule has 38 heavy (non-hydrogen) atoms. The van der Waals surface area contributed by atoms with Gasteiger partial charge < -0.3 is 10.0 Å². The Kier molecular flexibility index (Phi) is 6.86. The van der Waals surface area contributed by atoms with Crippen LogP contribution >= 0.6 is 0 Å². The molecule has 0 aliphatic carbocycles. The predicted molar refractivity (Wildman–Crippen MR) is 171 cm³/mol. The number of hydrogen-bond acceptors (Lipinski definition) is 2. The van der Waals surface area contributed by atoms with E-state index in [2.05, 4.69) is 0 Å². The fourth-order valence-electron chi connectivity index (χ4n) is 5.04. The van der Waals surface area contributed by atoms with Crippen LogP contribution < -0.4 is 54.6 Å². The number of benzene rings is 5. The van der Waals surface area contributed by atoms with E-state index in [1.807, 2.05) is 24.3 Å². The normalized spacial score (nSPS) is 11.3. The summed E-state index contributed by atoms with van der Waals surface area (Å²) in [7, 11) is 55.8. The molecular weight excluding hydrogens is 452 g/mol. The summed E-state index contributed by atoms with van der Waals surface area (Å²) >= 11 is 0. The predicted octanol–water partition coefficient (Wildman–Crippen LogP) is -5.85. The number of fused-ring (bicyclic) bond motifs is 2. The second-order valence-electron chi connectivity index (χ2n) is 9.14. The maximum Gasteiger partial charge on any atom is 0.488 e. The maximum absolute atomic E-state index is 9.59. The summed E-state index contributed by atoms with van der Waals surface area (Å²) in [5, 5.41) is 21.6. The highest BCUT2D eigenvalue weighted by Gasteiger charge is 2.24. The van der Waals surface area contributed by atoms with Crippen LogP contribution in [0.1, 0.15) is 0 Å². The molecule has 0 saturated heterocycles. The zero-order valence-corrected chi connectivity index (χ0v) is 20.3. The Hall–Kier alpha value is -2.81. The standard InChI is InChI=1S/C26H10B10O2/c27-18-15-13(9-5-7-10(8-6-9)36(37)38)11-3-1-2-4-12(11)14(16(15)19(28)23(32)22(18)31)17-20(29)24(33)26(35)25(34)21(17)30/h1-8,37-38H. The minimum Gasteiger partial charge on any atom is -0.423 e. The highest BCUT2D eigenvalue weighted by atomic mass is 16.4. The lowest BCUT2D eigenvalue weighted by atomic mass is 9.58. The number of rotatable bonds is 3. The van der Waals surface area contributed by atoms with Gasteiger partial charge in [0.25, 0.3) is 0 Å². The van der Waals surface area contributed by atoms with Gasteiger partial charge in [0.15, 0.2) is 0 Å². The van der Waals surface area contributed by atoms with Gasteiger partial charge in [-0.25, -0.2) is 0 Å². The molecule has 0 amide bonds. The van der Waals surface area contributed by atoms with E-state index < -0.39 is 7.12 Å². The van der Waals surface area contributed by atoms with Gasteiger partial charge in [-0.3, -0.25) is 0 Å². The van der Waals surface area contributed by atoms with Gasteiger partial charge in [-0.2, -0.15) is 0 Å². The number of hydrogen-bond donors (Lipinski definition) is 2. The molecule has 2 N–H and O–H groups in total. The lowest BCUT2D eigenvalue weighted by molar-refractivity contribution is 0.426. The van der Waals surface area contributed by atoms with Gasteiger partial charge in [0.1, 0.15) is 70.6 Å². The Labute approximate surface area is 234 Å². The van der Waals surface area contributed by atoms with Gasteiger partial charge >= 0.3 is 7.12 Å². The molecule has 2 nitrogen and oxygen atoms in total. The molecule has 5 aromatic carbocycles. The summed E-state index contributed by atoms with van der Waals surface area (Å²) < 4.78 is 0. The summed E-state index contributed by atoms with van der Waals surface area (Å²) in [6.07, 6.45) is 0. The molecule has 0 fully saturated rings. The van der Waals surface area contributed by atoms with E-state index in [1.165, 1.54) is 0 Å². The van der Waals surface area contributed by atoms with Crippen LogP contribution in [0.25, 0.3) is 43.8 Å². The highest BCUT2D eigenvalue weighted by Crippen LogP contribution is 2.40. The molecule has 0 aromatic heterocycles. The first-order valence-electron chi connectivity index (χ1n) is 11.6. The zero-order valence-electron chi connectivity index (χ0n) is 20.3. The summed E-state index contributed by atoms with van der Waals surface area (Å²) in [5.41, 5.74) is 3.70. The van der Waals surface area contributed by atoms with Crippen molar-refractivity contribution in [3.05, 3.63) is 48.5 Å². The Morgan fingerprint density at radius 2 is 0.816 bits per heavy atom. The lowest BCUT2D eigenvalue weighted by Crippen LogP contribution is -2.55. The van der Waals surface area contributed by atoms with E-state index in [9.17, 15) is 10.0 Å². The summed E-state index contributed by atoms with van der Waals surface area (Å²) in [6.45, 7) is 0. The highest BCUT2D eigenvalue weighted by molar-refractivity contribution is 6.71. The second kappa shape index (κ2) is 9.74. The zero-order chi connectivity index (χ0) is 27.6. The molecule has 156 valence electrons. The summed E-state index contributed by atoms with van der Waals surface area (Å²) in [4.78, 5) is 0. The van der Waals surface area contributed by atoms with Gasteiger partial charge in [0, 0.05) is 0 Å². The SMILES string of the molecule is [B]c1c([B])c([B])c(-c2c3ccccc3c(-c3ccc(B(O)O)cc3)c3c([B])c([B])c([B])c([B])c23)c([B])c1[B]. The van der Waals surface area contributed by atoms with Crippen LogP contribution in [0.3, 0.4) is 0 Å². The molecule has 18 radical (unpaired) electrons. The molecule has 0 aliphatic heterocycles. The first-order chi connectivity index (χ1) is 18.0. The Bertz CT molecular complexity index is 1750. The first-order valence-corrected chi connectivity index (χ1v) is 11.6. The summed E-state index contributed by atoms with van der Waals surface area (Å²) in [6, 6.07) is 14.2. The van der Waals surface area contributed by atoms with E-state index in [1.54, 1.807) is 24.3 Å². The van der Waals surface area contributed by atoms with E-state index >= 15 is 0 Å². The van der Waals surface area contributed by atoms with Gasteiger partial charge in [0.2, 0.25) is 0 Å². The van der Waals surface area contributed by atoms with Crippen LogP contribution in [0.15, 0.2) is 48.5 Å². The average Bonchev–Trinajstić information content (AvgIpc) is 2.92. The first kappa shape index (κ1) is 26.8. The van der Waals surface area contributed by atoms with Gasteiger partial charge in [0.05, 0.1) is 0 Å². The van der Waals surface area contributed by atoms with Gasteiger partial charge in [-0.05, 0) is 49.3 Å². The van der Waals surface area contributed by atoms with Crippen LogP contribution in [0.2, 0.25) is 0 Å². The van der Waals surface area contributed by atoms with Crippen LogP contribution in [0.5, 0.6) is 0 Å². The molecule has 0 heterocycles. The molecular formula is C26H10B10O2. The molecule has 5 aromatic rings. The molecule has 5 rings (SSSR count). The fourth-order valence-corrected chi connectivity index (χ4v) is 5.04. The third kappa shape index (κ3) is 3.88. The molecule has 0 saturated carbocycles. The Morgan fingerprint density at radius 3 is 1.29 bits per heavy atom. The van der Waals surface area contributed by atoms with Gasteiger partial charge in [-0.15, -0.1) is 27.3 Å². The van der Waals surface area contributed by atoms with Crippen molar-refractivity contribution in [1.29, 1.82) is 0 Å². The van der Waals surface area contributed by atoms with Crippen molar-refractivity contribution in [1.82, 2.24) is 0 Å². The van der Waals surface area contributed by atoms with E-state index in [-0.39, 0.29) is 49.2 Å². The van der Waals surface area contributed by atoms with Crippen molar-refractivity contribution in [2.75, 3.05) is 0 Å². The molecule has 0 bridgehead atoms. The van der Waals surface area contributed by atoms with E-state index in [4.69, 9.17) is 70.6 Å². The minimum atomic E-state index is -1.62. The van der Waals surface area contributed by atoms with Crippen LogP contribution in [-0.4, -0.2) is 87.8 Å². The third-order valence-electron chi connectivity index (χ3n) is 7.07. The molecule has 0 unspecified atom stereocenters. The minimum absolute atomic E-state index is 0.0800. The van der Waals surface area contributed by atoms with Crippen molar-refractivity contribution < 1.29 is 10.0 Å². The van der Waals surface area contributed by atoms with E-state index in [0.717, 1.165) is 10.9 Å². The summed E-state index contributed by atoms with van der Waals surface area (Å²) in [5.74, 6) is 0. The average molecular weight is 462 g/mol. The molecule has 0 atom stereocenters. The topological polar surface area (TPSA) is 40.5 Å². The largest absolute Gasteiger partial charge is 0.488 e.